The molecule has 0 unspecified atom stereocenters. The first-order valence-corrected chi connectivity index (χ1v) is 5.84. The number of aliphatic carboxylic acids is 1. The lowest BCUT2D eigenvalue weighted by atomic mass is 10.1. The minimum absolute atomic E-state index is 0.0605. The predicted molar refractivity (Wildman–Crippen MR) is 72.8 cm³/mol. The molecular formula is C13H16N2O5. The Balaban J connectivity index is 3.02. The van der Waals surface area contributed by atoms with Gasteiger partial charge in [-0.15, -0.1) is 6.58 Å². The average Bonchev–Trinajstić information content (AvgIpc) is 2.38. The van der Waals surface area contributed by atoms with Crippen LogP contribution in [0.5, 0.6) is 5.75 Å². The van der Waals surface area contributed by atoms with Crippen molar-refractivity contribution < 1.29 is 19.6 Å². The maximum atomic E-state index is 10.8. The largest absolute Gasteiger partial charge is 0.496 e. The fourth-order valence-corrected chi connectivity index (χ4v) is 1.80. The van der Waals surface area contributed by atoms with Gasteiger partial charge >= 0.3 is 5.97 Å². The first kappa shape index (κ1) is 15.6. The van der Waals surface area contributed by atoms with Crippen LogP contribution in [0.1, 0.15) is 5.56 Å². The van der Waals surface area contributed by atoms with Gasteiger partial charge in [0.05, 0.1) is 18.6 Å². The highest BCUT2D eigenvalue weighted by molar-refractivity contribution is 5.69. The lowest BCUT2D eigenvalue weighted by molar-refractivity contribution is -0.384. The molecule has 1 aromatic rings. The molecule has 0 aliphatic rings. The van der Waals surface area contributed by atoms with Crippen LogP contribution in [-0.2, 0) is 11.3 Å². The van der Waals surface area contributed by atoms with E-state index in [9.17, 15) is 14.9 Å². The second-order valence-corrected chi connectivity index (χ2v) is 4.11. The van der Waals surface area contributed by atoms with Gasteiger partial charge in [0.1, 0.15) is 5.75 Å². The summed E-state index contributed by atoms with van der Waals surface area (Å²) in [7, 11) is 1.46. The SMILES string of the molecule is C=CCN(CC(=O)O)Cc1cc([N+](=O)[O-])ccc1OC. The van der Waals surface area contributed by atoms with Crippen molar-refractivity contribution in [3.05, 3.63) is 46.5 Å². The zero-order chi connectivity index (χ0) is 15.1. The second kappa shape index (κ2) is 7.25. The molecule has 0 aromatic heterocycles. The lowest BCUT2D eigenvalue weighted by Crippen LogP contribution is -2.29. The molecule has 0 saturated carbocycles. The molecule has 0 atom stereocenters. The Morgan fingerprint density at radius 3 is 2.80 bits per heavy atom. The van der Waals surface area contributed by atoms with Crippen LogP contribution in [0.3, 0.4) is 0 Å². The normalized spacial score (nSPS) is 10.3. The molecule has 0 amide bonds. The Morgan fingerprint density at radius 1 is 1.60 bits per heavy atom. The number of methoxy groups -OCH3 is 1. The number of carbonyl (C=O) groups is 1. The molecule has 7 heteroatoms. The molecule has 1 rings (SSSR count). The van der Waals surface area contributed by atoms with E-state index in [1.54, 1.807) is 11.0 Å². The molecule has 0 saturated heterocycles. The fraction of sp³-hybridized carbons (Fsp3) is 0.308. The standard InChI is InChI=1S/C13H16N2O5/c1-3-6-14(9-13(16)17)8-10-7-11(15(18)19)4-5-12(10)20-2/h3-5,7H,1,6,8-9H2,2H3,(H,16,17). The van der Waals surface area contributed by atoms with Crippen LogP contribution in [0.15, 0.2) is 30.9 Å². The molecule has 7 nitrogen and oxygen atoms in total. The van der Waals surface area contributed by atoms with Crippen molar-refractivity contribution in [3.63, 3.8) is 0 Å². The number of nitro groups is 1. The van der Waals surface area contributed by atoms with Gasteiger partial charge in [0.2, 0.25) is 0 Å². The van der Waals surface area contributed by atoms with Gasteiger partial charge in [-0.3, -0.25) is 19.8 Å². The zero-order valence-corrected chi connectivity index (χ0v) is 11.1. The molecule has 0 aliphatic carbocycles. The smallest absolute Gasteiger partial charge is 0.317 e. The quantitative estimate of drug-likeness (QED) is 0.442. The number of rotatable bonds is 8. The van der Waals surface area contributed by atoms with Crippen LogP contribution in [-0.4, -0.2) is 41.1 Å². The molecule has 0 bridgehead atoms. The Labute approximate surface area is 116 Å². The number of hydrogen-bond acceptors (Lipinski definition) is 5. The third-order valence-electron chi connectivity index (χ3n) is 2.61. The molecule has 0 radical (unpaired) electrons. The van der Waals surface area contributed by atoms with Crippen LogP contribution in [0.4, 0.5) is 5.69 Å². The number of nitrogens with zero attached hydrogens (tertiary/aromatic N) is 2. The summed E-state index contributed by atoms with van der Waals surface area (Å²) in [5.74, 6) is -0.494. The average molecular weight is 280 g/mol. The van der Waals surface area contributed by atoms with Crippen LogP contribution < -0.4 is 4.74 Å². The van der Waals surface area contributed by atoms with Gasteiger partial charge in [-0.2, -0.15) is 0 Å². The van der Waals surface area contributed by atoms with Crippen molar-refractivity contribution in [2.24, 2.45) is 0 Å². The van der Waals surface area contributed by atoms with Gasteiger partial charge in [-0.1, -0.05) is 6.08 Å². The van der Waals surface area contributed by atoms with Gasteiger partial charge in [-0.05, 0) is 6.07 Å². The molecule has 108 valence electrons. The summed E-state index contributed by atoms with van der Waals surface area (Å²) in [6, 6.07) is 4.23. The van der Waals surface area contributed by atoms with E-state index >= 15 is 0 Å². The second-order valence-electron chi connectivity index (χ2n) is 4.11. The monoisotopic (exact) mass is 280 g/mol. The highest BCUT2D eigenvalue weighted by Gasteiger charge is 2.15. The summed E-state index contributed by atoms with van der Waals surface area (Å²) in [5.41, 5.74) is 0.500. The molecule has 0 fully saturated rings. The molecule has 0 aliphatic heterocycles. The van der Waals surface area contributed by atoms with E-state index in [1.807, 2.05) is 0 Å². The molecule has 1 N–H and O–H groups in total. The number of benzene rings is 1. The van der Waals surface area contributed by atoms with Crippen molar-refractivity contribution in [1.82, 2.24) is 4.90 Å². The molecule has 0 heterocycles. The first-order chi connectivity index (χ1) is 9.47. The summed E-state index contributed by atoms with van der Waals surface area (Å²) in [6.45, 7) is 3.97. The van der Waals surface area contributed by atoms with Gasteiger partial charge < -0.3 is 9.84 Å². The van der Waals surface area contributed by atoms with Crippen LogP contribution in [0.25, 0.3) is 0 Å². The third kappa shape index (κ3) is 4.36. The minimum Gasteiger partial charge on any atom is -0.496 e. The Kier molecular flexibility index (Phi) is 5.67. The van der Waals surface area contributed by atoms with E-state index in [-0.39, 0.29) is 18.8 Å². The maximum Gasteiger partial charge on any atom is 0.317 e. The fourth-order valence-electron chi connectivity index (χ4n) is 1.80. The predicted octanol–water partition coefficient (Wildman–Crippen LogP) is 1.68. The summed E-state index contributed by atoms with van der Waals surface area (Å²) < 4.78 is 5.14. The summed E-state index contributed by atoms with van der Waals surface area (Å²) in [5, 5.41) is 19.6. The van der Waals surface area contributed by atoms with Gasteiger partial charge in [0.25, 0.3) is 5.69 Å². The highest BCUT2D eigenvalue weighted by atomic mass is 16.6. The van der Waals surface area contributed by atoms with Crippen LogP contribution in [0, 0.1) is 10.1 Å². The highest BCUT2D eigenvalue weighted by Crippen LogP contribution is 2.25. The molecule has 0 spiro atoms. The van der Waals surface area contributed by atoms with Crippen molar-refractivity contribution in [2.75, 3.05) is 20.2 Å². The lowest BCUT2D eigenvalue weighted by Gasteiger charge is -2.19. The number of hydrogen-bond donors (Lipinski definition) is 1. The van der Waals surface area contributed by atoms with Crippen molar-refractivity contribution in [1.29, 1.82) is 0 Å². The zero-order valence-electron chi connectivity index (χ0n) is 11.1. The number of nitro benzene ring substituents is 1. The molecule has 20 heavy (non-hydrogen) atoms. The first-order valence-electron chi connectivity index (χ1n) is 5.84. The third-order valence-corrected chi connectivity index (χ3v) is 2.61. The van der Waals surface area contributed by atoms with E-state index in [0.29, 0.717) is 17.9 Å². The molecular weight excluding hydrogens is 264 g/mol. The van der Waals surface area contributed by atoms with E-state index in [1.165, 1.54) is 25.3 Å². The van der Waals surface area contributed by atoms with E-state index < -0.39 is 10.9 Å². The maximum absolute atomic E-state index is 10.8. The van der Waals surface area contributed by atoms with Crippen molar-refractivity contribution in [3.8, 4) is 5.75 Å². The number of ether oxygens (including phenoxy) is 1. The van der Waals surface area contributed by atoms with E-state index in [4.69, 9.17) is 9.84 Å². The summed E-state index contributed by atoms with van der Waals surface area (Å²) in [6.07, 6.45) is 1.58. The Bertz CT molecular complexity index is 515. The van der Waals surface area contributed by atoms with Crippen molar-refractivity contribution >= 4 is 11.7 Å². The topological polar surface area (TPSA) is 92.9 Å². The minimum atomic E-state index is -0.976. The summed E-state index contributed by atoms with van der Waals surface area (Å²) in [4.78, 5) is 22.7. The van der Waals surface area contributed by atoms with Gasteiger partial charge in [0.15, 0.2) is 0 Å². The summed E-state index contributed by atoms with van der Waals surface area (Å²) >= 11 is 0. The molecule has 1 aromatic carbocycles. The van der Waals surface area contributed by atoms with Gasteiger partial charge in [0, 0.05) is 30.8 Å². The Hall–Kier alpha value is -2.41. The van der Waals surface area contributed by atoms with E-state index in [2.05, 4.69) is 6.58 Å². The van der Waals surface area contributed by atoms with Crippen LogP contribution >= 0.6 is 0 Å². The Morgan fingerprint density at radius 2 is 2.30 bits per heavy atom. The van der Waals surface area contributed by atoms with Gasteiger partial charge in [-0.25, -0.2) is 0 Å². The van der Waals surface area contributed by atoms with Crippen molar-refractivity contribution in [2.45, 2.75) is 6.54 Å². The van der Waals surface area contributed by atoms with E-state index in [0.717, 1.165) is 0 Å². The van der Waals surface area contributed by atoms with Crippen LogP contribution in [0.2, 0.25) is 0 Å². The number of carboxylic acids is 1. The number of carboxylic acid groups (broad SMARTS) is 1. The number of non-ortho nitro benzene ring substituents is 1.